The summed E-state index contributed by atoms with van der Waals surface area (Å²) in [5.41, 5.74) is 1.10. The lowest BCUT2D eigenvalue weighted by Crippen LogP contribution is -2.48. The molecule has 1 aromatic heterocycles. The number of sulfonamides is 1. The number of aliphatic carboxylic acids is 1. The highest BCUT2D eigenvalue weighted by Crippen LogP contribution is 2.29. The van der Waals surface area contributed by atoms with E-state index in [2.05, 4.69) is 10.4 Å². The quantitative estimate of drug-likeness (QED) is 0.172. The van der Waals surface area contributed by atoms with E-state index >= 15 is 4.39 Å². The van der Waals surface area contributed by atoms with Gasteiger partial charge in [0.25, 0.3) is 15.9 Å². The summed E-state index contributed by atoms with van der Waals surface area (Å²) in [6.07, 6.45) is -1.86. The van der Waals surface area contributed by atoms with Crippen molar-refractivity contribution in [1.82, 2.24) is 19.8 Å². The Morgan fingerprint density at radius 2 is 1.71 bits per heavy atom. The zero-order valence-corrected chi connectivity index (χ0v) is 25.1. The maximum absolute atomic E-state index is 15.4. The number of carboxylic acids is 1. The number of nitrogens with one attached hydrogen (secondary N) is 2. The van der Waals surface area contributed by atoms with Crippen LogP contribution < -0.4 is 14.8 Å². The molecule has 12 nitrogen and oxygen atoms in total. The lowest BCUT2D eigenvalue weighted by molar-refractivity contribution is -0.148. The summed E-state index contributed by atoms with van der Waals surface area (Å²) in [5.74, 6) is -3.62. The second-order valence-electron chi connectivity index (χ2n) is 9.98. The average molecular weight is 639 g/mol. The first-order valence-corrected chi connectivity index (χ1v) is 15.3. The zero-order valence-electron chi connectivity index (χ0n) is 24.3. The Morgan fingerprint density at radius 3 is 2.36 bits per heavy atom. The summed E-state index contributed by atoms with van der Waals surface area (Å²) in [5, 5.41) is 26.4. The standard InChI is InChI=1S/C31H31FN4O8S/c1-3-44-28-17-26(30(39)33-25(29(38)31(40)41)15-20-9-5-4-6-10-20)34-36(28)18-22-14-13-21(16-24(22)32)23-11-7-8-12-27(23)45(42,43)35-19(2)37/h4-14,16-17,25,29,38H,3,15,18H2,1-2H3,(H,33,39)(H,35,37)(H,40,41)/t25-,29-/m1/s1. The van der Waals surface area contributed by atoms with Crippen LogP contribution in [-0.4, -0.2) is 64.9 Å². The minimum atomic E-state index is -4.20. The Labute approximate surface area is 258 Å². The van der Waals surface area contributed by atoms with Gasteiger partial charge in [-0.3, -0.25) is 9.59 Å². The highest BCUT2D eigenvalue weighted by atomic mass is 32.2. The summed E-state index contributed by atoms with van der Waals surface area (Å²) < 4.78 is 49.6. The Hall–Kier alpha value is -5.08. The van der Waals surface area contributed by atoms with Gasteiger partial charge in [-0.2, -0.15) is 5.10 Å². The minimum absolute atomic E-state index is 0.0336. The van der Waals surface area contributed by atoms with Gasteiger partial charge in [0.15, 0.2) is 11.8 Å². The third kappa shape index (κ3) is 8.10. The van der Waals surface area contributed by atoms with Crippen molar-refractivity contribution in [2.75, 3.05) is 6.61 Å². The molecule has 0 aliphatic rings. The van der Waals surface area contributed by atoms with Crippen molar-refractivity contribution >= 4 is 27.8 Å². The van der Waals surface area contributed by atoms with Gasteiger partial charge < -0.3 is 20.3 Å². The van der Waals surface area contributed by atoms with Crippen LogP contribution >= 0.6 is 0 Å². The molecule has 0 unspecified atom stereocenters. The fourth-order valence-corrected chi connectivity index (χ4v) is 5.82. The van der Waals surface area contributed by atoms with E-state index in [1.165, 1.54) is 41.1 Å². The Balaban J connectivity index is 1.59. The molecule has 0 saturated heterocycles. The molecule has 4 rings (SSSR count). The number of halogens is 1. The van der Waals surface area contributed by atoms with Gasteiger partial charge in [0.2, 0.25) is 11.8 Å². The monoisotopic (exact) mass is 638 g/mol. The Morgan fingerprint density at radius 1 is 1.02 bits per heavy atom. The normalized spacial score (nSPS) is 12.6. The SMILES string of the molecule is CCOc1cc(C(=O)N[C@H](Cc2ccccc2)[C@@H](O)C(=O)O)nn1Cc1ccc(-c2ccccc2S(=O)(=O)NC(C)=O)cc1F. The van der Waals surface area contributed by atoms with Crippen LogP contribution in [0, 0.1) is 5.82 Å². The third-order valence-corrected chi connectivity index (χ3v) is 8.15. The van der Waals surface area contributed by atoms with Crippen molar-refractivity contribution in [3.05, 3.63) is 102 Å². The Kier molecular flexibility index (Phi) is 10.3. The van der Waals surface area contributed by atoms with Crippen molar-refractivity contribution in [3.63, 3.8) is 0 Å². The molecule has 4 N–H and O–H groups in total. The molecule has 236 valence electrons. The second kappa shape index (κ2) is 14.1. The molecule has 0 saturated carbocycles. The van der Waals surface area contributed by atoms with Crippen molar-refractivity contribution < 1.29 is 42.1 Å². The highest BCUT2D eigenvalue weighted by molar-refractivity contribution is 7.90. The summed E-state index contributed by atoms with van der Waals surface area (Å²) in [4.78, 5) is 35.9. The zero-order chi connectivity index (χ0) is 32.7. The van der Waals surface area contributed by atoms with Crippen LogP contribution in [0.4, 0.5) is 4.39 Å². The number of rotatable bonds is 13. The second-order valence-corrected chi connectivity index (χ2v) is 11.6. The maximum Gasteiger partial charge on any atom is 0.334 e. The van der Waals surface area contributed by atoms with Crippen LogP contribution in [0.5, 0.6) is 5.88 Å². The number of nitrogens with zero attached hydrogens (tertiary/aromatic N) is 2. The molecule has 0 aliphatic carbocycles. The first-order valence-electron chi connectivity index (χ1n) is 13.8. The molecule has 0 fully saturated rings. The van der Waals surface area contributed by atoms with E-state index in [0.29, 0.717) is 5.56 Å². The summed E-state index contributed by atoms with van der Waals surface area (Å²) in [6, 6.07) is 18.8. The van der Waals surface area contributed by atoms with E-state index in [1.807, 2.05) is 4.72 Å². The van der Waals surface area contributed by atoms with Gasteiger partial charge in [0.1, 0.15) is 5.82 Å². The molecule has 3 aromatic carbocycles. The van der Waals surface area contributed by atoms with Gasteiger partial charge in [-0.25, -0.2) is 27.0 Å². The highest BCUT2D eigenvalue weighted by Gasteiger charge is 2.29. The van der Waals surface area contributed by atoms with Gasteiger partial charge in [-0.1, -0.05) is 60.7 Å². The first-order chi connectivity index (χ1) is 21.4. The lowest BCUT2D eigenvalue weighted by Gasteiger charge is -2.21. The molecule has 0 aliphatic heterocycles. The number of hydrogen-bond acceptors (Lipinski definition) is 8. The van der Waals surface area contributed by atoms with Crippen LogP contribution in [0.3, 0.4) is 0 Å². The van der Waals surface area contributed by atoms with Crippen LogP contribution in [-0.2, 0) is 32.6 Å². The molecule has 0 spiro atoms. The number of ether oxygens (including phenoxy) is 1. The summed E-state index contributed by atoms with van der Waals surface area (Å²) in [6.45, 7) is 2.80. The van der Waals surface area contributed by atoms with Crippen molar-refractivity contribution in [2.45, 2.75) is 43.9 Å². The van der Waals surface area contributed by atoms with E-state index in [-0.39, 0.29) is 52.7 Å². The number of aliphatic hydroxyl groups excluding tert-OH is 1. The molecule has 45 heavy (non-hydrogen) atoms. The van der Waals surface area contributed by atoms with Crippen LogP contribution in [0.1, 0.15) is 35.5 Å². The Bertz CT molecular complexity index is 1810. The molecular weight excluding hydrogens is 607 g/mol. The van der Waals surface area contributed by atoms with Crippen LogP contribution in [0.25, 0.3) is 11.1 Å². The van der Waals surface area contributed by atoms with Gasteiger partial charge in [0, 0.05) is 24.1 Å². The number of carbonyl (C=O) groups is 3. The topological polar surface area (TPSA) is 177 Å². The predicted octanol–water partition coefficient (Wildman–Crippen LogP) is 2.75. The van der Waals surface area contributed by atoms with Crippen molar-refractivity contribution in [3.8, 4) is 17.0 Å². The van der Waals surface area contributed by atoms with Crippen molar-refractivity contribution in [2.24, 2.45) is 0 Å². The number of carboxylic acid groups (broad SMARTS) is 1. The van der Waals surface area contributed by atoms with E-state index in [4.69, 9.17) is 4.74 Å². The molecular formula is C31H31FN4O8S. The van der Waals surface area contributed by atoms with E-state index in [1.54, 1.807) is 43.3 Å². The molecule has 4 aromatic rings. The van der Waals surface area contributed by atoms with Crippen LogP contribution in [0.15, 0.2) is 83.8 Å². The van der Waals surface area contributed by atoms with E-state index in [0.717, 1.165) is 13.0 Å². The third-order valence-electron chi connectivity index (χ3n) is 6.66. The molecule has 0 bridgehead atoms. The predicted molar refractivity (Wildman–Crippen MR) is 160 cm³/mol. The van der Waals surface area contributed by atoms with E-state index in [9.17, 15) is 33.0 Å². The molecule has 2 atom stereocenters. The first kappa shape index (κ1) is 32.8. The number of amides is 2. The van der Waals surface area contributed by atoms with Crippen molar-refractivity contribution in [1.29, 1.82) is 0 Å². The smallest absolute Gasteiger partial charge is 0.334 e. The largest absolute Gasteiger partial charge is 0.479 e. The average Bonchev–Trinajstić information content (AvgIpc) is 3.39. The number of hydrogen-bond donors (Lipinski definition) is 4. The number of benzene rings is 3. The molecule has 0 radical (unpaired) electrons. The molecule has 14 heteroatoms. The number of aliphatic hydroxyl groups is 1. The van der Waals surface area contributed by atoms with E-state index < -0.39 is 45.8 Å². The van der Waals surface area contributed by atoms with Gasteiger partial charge in [-0.05, 0) is 36.6 Å². The molecule has 1 heterocycles. The van der Waals surface area contributed by atoms with Crippen LogP contribution in [0.2, 0.25) is 0 Å². The summed E-state index contributed by atoms with van der Waals surface area (Å²) >= 11 is 0. The van der Waals surface area contributed by atoms with Gasteiger partial charge in [-0.15, -0.1) is 0 Å². The van der Waals surface area contributed by atoms with Gasteiger partial charge in [0.05, 0.1) is 24.1 Å². The number of carbonyl (C=O) groups excluding carboxylic acids is 2. The maximum atomic E-state index is 15.4. The molecule has 2 amide bonds. The number of aromatic nitrogens is 2. The summed E-state index contributed by atoms with van der Waals surface area (Å²) in [7, 11) is -4.20. The fraction of sp³-hybridized carbons (Fsp3) is 0.226. The van der Waals surface area contributed by atoms with Gasteiger partial charge >= 0.3 is 5.97 Å². The lowest BCUT2D eigenvalue weighted by atomic mass is 10.0. The fourth-order valence-electron chi connectivity index (χ4n) is 4.60. The minimum Gasteiger partial charge on any atom is -0.479 e.